The maximum atomic E-state index is 12.6. The molecule has 0 radical (unpaired) electrons. The van der Waals surface area contributed by atoms with Crippen LogP contribution in [0.2, 0.25) is 0 Å². The number of amides is 1. The fourth-order valence-corrected chi connectivity index (χ4v) is 3.80. The summed E-state index contributed by atoms with van der Waals surface area (Å²) < 4.78 is 7.64. The zero-order valence-corrected chi connectivity index (χ0v) is 18.0. The molecule has 6 nitrogen and oxygen atoms in total. The maximum absolute atomic E-state index is 12.6. The van der Waals surface area contributed by atoms with Gasteiger partial charge in [-0.1, -0.05) is 69.4 Å². The first-order chi connectivity index (χ1) is 15.3. The summed E-state index contributed by atoms with van der Waals surface area (Å²) in [6.07, 6.45) is 8.76. The molecule has 2 N–H and O–H groups in total. The van der Waals surface area contributed by atoms with E-state index in [9.17, 15) is 4.79 Å². The van der Waals surface area contributed by atoms with Gasteiger partial charge >= 0.3 is 0 Å². The van der Waals surface area contributed by atoms with Gasteiger partial charge in [0.2, 0.25) is 0 Å². The number of nitrogens with one attached hydrogen (secondary N) is 2. The number of rotatable bonds is 10. The fraction of sp³-hybridized carbons (Fsp3) is 0.360. The van der Waals surface area contributed by atoms with Crippen molar-refractivity contribution in [2.45, 2.75) is 51.6 Å². The van der Waals surface area contributed by atoms with Crippen molar-refractivity contribution >= 4 is 11.7 Å². The summed E-state index contributed by atoms with van der Waals surface area (Å²) in [5.41, 5.74) is 2.41. The number of benzene rings is 2. The molecule has 162 valence electrons. The number of hydrogen-bond donors (Lipinski definition) is 2. The van der Waals surface area contributed by atoms with Gasteiger partial charge < -0.3 is 15.4 Å². The summed E-state index contributed by atoms with van der Waals surface area (Å²) in [6.45, 7) is 2.97. The lowest BCUT2D eigenvalue weighted by atomic mass is 10.1. The van der Waals surface area contributed by atoms with Crippen LogP contribution in [0.5, 0.6) is 5.75 Å². The first kappa shape index (κ1) is 21.0. The average Bonchev–Trinajstić information content (AvgIpc) is 3.24. The average molecular weight is 419 g/mol. The van der Waals surface area contributed by atoms with Gasteiger partial charge in [-0.25, -0.2) is 4.68 Å². The zero-order valence-electron chi connectivity index (χ0n) is 18.0. The SMILES string of the molecule is CCCCCCCCOc1ccc(C2NC(=O)c3cnn(-c4ccccc4)c3N2)cc1. The smallest absolute Gasteiger partial charge is 0.258 e. The highest BCUT2D eigenvalue weighted by Gasteiger charge is 2.28. The molecule has 0 bridgehead atoms. The van der Waals surface area contributed by atoms with Crippen LogP contribution in [-0.2, 0) is 0 Å². The third kappa shape index (κ3) is 5.08. The molecule has 1 amide bonds. The van der Waals surface area contributed by atoms with E-state index < -0.39 is 0 Å². The van der Waals surface area contributed by atoms with E-state index in [1.165, 1.54) is 32.1 Å². The lowest BCUT2D eigenvalue weighted by molar-refractivity contribution is 0.0935. The number of fused-ring (bicyclic) bond motifs is 1. The molecule has 3 aromatic rings. The molecule has 1 aliphatic rings. The molecule has 0 fully saturated rings. The van der Waals surface area contributed by atoms with Gasteiger partial charge in [-0.3, -0.25) is 4.79 Å². The van der Waals surface area contributed by atoms with E-state index >= 15 is 0 Å². The predicted molar refractivity (Wildman–Crippen MR) is 123 cm³/mol. The van der Waals surface area contributed by atoms with Gasteiger partial charge in [0.25, 0.3) is 5.91 Å². The molecule has 1 unspecified atom stereocenters. The van der Waals surface area contributed by atoms with Crippen molar-refractivity contribution in [1.82, 2.24) is 15.1 Å². The minimum absolute atomic E-state index is 0.135. The molecule has 2 aromatic carbocycles. The Morgan fingerprint density at radius 3 is 2.45 bits per heavy atom. The van der Waals surface area contributed by atoms with Gasteiger partial charge in [0.15, 0.2) is 0 Å². The van der Waals surface area contributed by atoms with Crippen molar-refractivity contribution < 1.29 is 9.53 Å². The van der Waals surface area contributed by atoms with Gasteiger partial charge in [-0.05, 0) is 36.2 Å². The molecule has 2 heterocycles. The van der Waals surface area contributed by atoms with Crippen LogP contribution in [-0.4, -0.2) is 22.3 Å². The van der Waals surface area contributed by atoms with Crippen molar-refractivity contribution in [3.05, 3.63) is 71.9 Å². The Morgan fingerprint density at radius 2 is 1.68 bits per heavy atom. The minimum Gasteiger partial charge on any atom is -0.494 e. The molecule has 1 aliphatic heterocycles. The van der Waals surface area contributed by atoms with Crippen molar-refractivity contribution in [3.63, 3.8) is 0 Å². The van der Waals surface area contributed by atoms with Crippen LogP contribution in [0.4, 0.5) is 5.82 Å². The molecule has 1 aromatic heterocycles. The Kier molecular flexibility index (Phi) is 6.87. The van der Waals surface area contributed by atoms with Crippen LogP contribution < -0.4 is 15.4 Å². The van der Waals surface area contributed by atoms with Gasteiger partial charge in [-0.2, -0.15) is 5.10 Å². The molecule has 0 aliphatic carbocycles. The van der Waals surface area contributed by atoms with Gasteiger partial charge in [0, 0.05) is 0 Å². The van der Waals surface area contributed by atoms with Crippen molar-refractivity contribution in [1.29, 1.82) is 0 Å². The molecule has 0 spiro atoms. The van der Waals surface area contributed by atoms with E-state index in [2.05, 4.69) is 22.7 Å². The molecule has 0 saturated heterocycles. The van der Waals surface area contributed by atoms with Crippen LogP contribution in [0, 0.1) is 0 Å². The third-order valence-electron chi connectivity index (χ3n) is 5.55. The Bertz CT molecular complexity index is 983. The van der Waals surface area contributed by atoms with E-state index in [0.717, 1.165) is 30.0 Å². The number of hydrogen-bond acceptors (Lipinski definition) is 4. The lowest BCUT2D eigenvalue weighted by Crippen LogP contribution is -2.38. The van der Waals surface area contributed by atoms with Crippen LogP contribution in [0.1, 0.15) is 67.5 Å². The predicted octanol–water partition coefficient (Wildman–Crippen LogP) is 5.47. The van der Waals surface area contributed by atoms with Crippen molar-refractivity contribution in [2.24, 2.45) is 0 Å². The Labute approximate surface area is 183 Å². The minimum atomic E-state index is -0.327. The van der Waals surface area contributed by atoms with Gasteiger partial charge in [0.05, 0.1) is 18.5 Å². The Hall–Kier alpha value is -3.28. The summed E-state index contributed by atoms with van der Waals surface area (Å²) in [4.78, 5) is 12.6. The van der Waals surface area contributed by atoms with Gasteiger partial charge in [0.1, 0.15) is 23.3 Å². The Morgan fingerprint density at radius 1 is 0.935 bits per heavy atom. The van der Waals surface area contributed by atoms with E-state index in [0.29, 0.717) is 11.4 Å². The number of para-hydroxylation sites is 1. The van der Waals surface area contributed by atoms with E-state index in [4.69, 9.17) is 4.74 Å². The number of aromatic nitrogens is 2. The topological polar surface area (TPSA) is 68.2 Å². The molecular weight excluding hydrogens is 388 g/mol. The van der Waals surface area contributed by atoms with Crippen molar-refractivity contribution in [3.8, 4) is 11.4 Å². The number of ether oxygens (including phenoxy) is 1. The monoisotopic (exact) mass is 418 g/mol. The van der Waals surface area contributed by atoms with E-state index in [1.54, 1.807) is 10.9 Å². The number of carbonyl (C=O) groups is 1. The first-order valence-electron chi connectivity index (χ1n) is 11.2. The van der Waals surface area contributed by atoms with E-state index in [-0.39, 0.29) is 12.1 Å². The third-order valence-corrected chi connectivity index (χ3v) is 5.55. The summed E-state index contributed by atoms with van der Waals surface area (Å²) in [5, 5.41) is 10.8. The normalized spacial score (nSPS) is 15.1. The number of nitrogens with zero attached hydrogens (tertiary/aromatic N) is 2. The van der Waals surface area contributed by atoms with Crippen molar-refractivity contribution in [2.75, 3.05) is 11.9 Å². The lowest BCUT2D eigenvalue weighted by Gasteiger charge is -2.27. The van der Waals surface area contributed by atoms with Crippen LogP contribution >= 0.6 is 0 Å². The van der Waals surface area contributed by atoms with Crippen LogP contribution in [0.3, 0.4) is 0 Å². The standard InChI is InChI=1S/C25H30N4O2/c1-2-3-4-5-6-10-17-31-21-15-13-19(14-16-21)23-27-24-22(25(30)28-23)18-26-29(24)20-11-8-7-9-12-20/h7-9,11-16,18,23,27H,2-6,10,17H2,1H3,(H,28,30). The molecule has 1 atom stereocenters. The summed E-state index contributed by atoms with van der Waals surface area (Å²) in [5.74, 6) is 1.42. The fourth-order valence-electron chi connectivity index (χ4n) is 3.80. The van der Waals surface area contributed by atoms with Gasteiger partial charge in [-0.15, -0.1) is 0 Å². The second-order valence-corrected chi connectivity index (χ2v) is 7.89. The largest absolute Gasteiger partial charge is 0.494 e. The summed E-state index contributed by atoms with van der Waals surface area (Å²) >= 11 is 0. The maximum Gasteiger partial charge on any atom is 0.258 e. The quantitative estimate of drug-likeness (QED) is 0.429. The highest BCUT2D eigenvalue weighted by atomic mass is 16.5. The number of carbonyl (C=O) groups excluding carboxylic acids is 1. The molecule has 0 saturated carbocycles. The second-order valence-electron chi connectivity index (χ2n) is 7.89. The molecule has 31 heavy (non-hydrogen) atoms. The molecule has 4 rings (SSSR count). The van der Waals surface area contributed by atoms with Crippen LogP contribution in [0.15, 0.2) is 60.8 Å². The Balaban J connectivity index is 1.37. The van der Waals surface area contributed by atoms with E-state index in [1.807, 2.05) is 54.6 Å². The zero-order chi connectivity index (χ0) is 21.5. The molecular formula is C25H30N4O2. The second kappa shape index (κ2) is 10.2. The number of unbranched alkanes of at least 4 members (excludes halogenated alkanes) is 5. The highest BCUT2D eigenvalue weighted by molar-refractivity contribution is 6.01. The highest BCUT2D eigenvalue weighted by Crippen LogP contribution is 2.29. The molecule has 6 heteroatoms. The summed E-state index contributed by atoms with van der Waals surface area (Å²) in [6, 6.07) is 17.7. The first-order valence-corrected chi connectivity index (χ1v) is 11.2. The van der Waals surface area contributed by atoms with Crippen LogP contribution in [0.25, 0.3) is 5.69 Å². The number of anilines is 1. The summed E-state index contributed by atoms with van der Waals surface area (Å²) in [7, 11) is 0.